The number of amides is 1. The Morgan fingerprint density at radius 3 is 2.50 bits per heavy atom. The van der Waals surface area contributed by atoms with Crippen LogP contribution in [0.2, 0.25) is 0 Å². The highest BCUT2D eigenvalue weighted by Crippen LogP contribution is 2.53. The Morgan fingerprint density at radius 2 is 1.84 bits per heavy atom. The van der Waals surface area contributed by atoms with E-state index < -0.39 is 19.2 Å². The topological polar surface area (TPSA) is 83.5 Å². The Morgan fingerprint density at radius 1 is 1.11 bits per heavy atom. The average Bonchev–Trinajstić information content (AvgIpc) is 2.90. The SMILES string of the molecule is CCCCP(=O)(Cc1ccc(C(=O)NC(CCSC)C(=O)O)c(-c2ccccc2C)c1)CC1CCCCC1. The fourth-order valence-electron chi connectivity index (χ4n) is 5.57. The number of hydrogen-bond donors (Lipinski definition) is 2. The van der Waals surface area contributed by atoms with Gasteiger partial charge in [-0.25, -0.2) is 4.79 Å². The molecule has 0 radical (unpaired) electrons. The van der Waals surface area contributed by atoms with Gasteiger partial charge in [0.15, 0.2) is 0 Å². The summed E-state index contributed by atoms with van der Waals surface area (Å²) in [4.78, 5) is 25.2. The van der Waals surface area contributed by atoms with Gasteiger partial charge in [0.2, 0.25) is 0 Å². The number of carbonyl (C=O) groups is 2. The molecule has 208 valence electrons. The van der Waals surface area contributed by atoms with Gasteiger partial charge in [0, 0.05) is 24.0 Å². The van der Waals surface area contributed by atoms with E-state index in [1.807, 2.05) is 49.6 Å². The van der Waals surface area contributed by atoms with Crippen molar-refractivity contribution in [1.82, 2.24) is 5.32 Å². The highest BCUT2D eigenvalue weighted by atomic mass is 32.2. The second-order valence-electron chi connectivity index (χ2n) is 10.8. The molecule has 1 aliphatic carbocycles. The van der Waals surface area contributed by atoms with E-state index in [0.717, 1.165) is 47.4 Å². The van der Waals surface area contributed by atoms with Crippen LogP contribution in [0.15, 0.2) is 42.5 Å². The zero-order valence-electron chi connectivity index (χ0n) is 23.2. The van der Waals surface area contributed by atoms with Gasteiger partial charge in [-0.1, -0.05) is 75.8 Å². The molecule has 38 heavy (non-hydrogen) atoms. The van der Waals surface area contributed by atoms with E-state index in [1.54, 1.807) is 17.8 Å². The lowest BCUT2D eigenvalue weighted by Gasteiger charge is -2.27. The van der Waals surface area contributed by atoms with E-state index in [2.05, 4.69) is 12.2 Å². The van der Waals surface area contributed by atoms with Gasteiger partial charge in [-0.2, -0.15) is 11.8 Å². The molecule has 2 N–H and O–H groups in total. The fraction of sp³-hybridized carbons (Fsp3) is 0.548. The summed E-state index contributed by atoms with van der Waals surface area (Å²) in [6.07, 6.45) is 12.6. The van der Waals surface area contributed by atoms with Gasteiger partial charge in [0.05, 0.1) is 7.14 Å². The maximum Gasteiger partial charge on any atom is 0.326 e. The van der Waals surface area contributed by atoms with E-state index in [0.29, 0.717) is 29.8 Å². The lowest BCUT2D eigenvalue weighted by molar-refractivity contribution is -0.139. The van der Waals surface area contributed by atoms with Crippen molar-refractivity contribution in [2.75, 3.05) is 24.3 Å². The number of aryl methyl sites for hydroxylation is 1. The van der Waals surface area contributed by atoms with Crippen molar-refractivity contribution in [3.8, 4) is 11.1 Å². The Labute approximate surface area is 232 Å². The Bertz CT molecular complexity index is 1130. The lowest BCUT2D eigenvalue weighted by atomic mass is 9.91. The number of hydrogen-bond acceptors (Lipinski definition) is 4. The number of nitrogens with one attached hydrogen (secondary N) is 1. The first-order valence-electron chi connectivity index (χ1n) is 14.0. The first kappa shape index (κ1) is 30.5. The second kappa shape index (κ2) is 14.9. The maximum atomic E-state index is 14.3. The third kappa shape index (κ3) is 8.74. The molecular formula is C31H44NO4PS. The molecule has 7 heteroatoms. The van der Waals surface area contributed by atoms with Crippen LogP contribution in [0, 0.1) is 12.8 Å². The Kier molecular flexibility index (Phi) is 12.0. The zero-order chi connectivity index (χ0) is 27.5. The largest absolute Gasteiger partial charge is 0.480 e. The van der Waals surface area contributed by atoms with Crippen LogP contribution < -0.4 is 5.32 Å². The van der Waals surface area contributed by atoms with E-state index in [1.165, 1.54) is 32.1 Å². The number of rotatable bonds is 14. The lowest BCUT2D eigenvalue weighted by Crippen LogP contribution is -2.41. The fourth-order valence-corrected chi connectivity index (χ4v) is 9.57. The number of aliphatic carboxylic acids is 1. The summed E-state index contributed by atoms with van der Waals surface area (Å²) in [5, 5.41) is 12.4. The van der Waals surface area contributed by atoms with Crippen LogP contribution in [0.4, 0.5) is 0 Å². The molecular weight excluding hydrogens is 513 g/mol. The normalized spacial score (nSPS) is 16.5. The standard InChI is InChI=1S/C31H44NO4PS/c1-4-5-18-37(36,21-24-12-7-6-8-13-24)22-25-15-16-27(28(20-25)26-14-10-9-11-23(26)2)30(33)32-29(31(34)35)17-19-38-3/h9-11,14-16,20,24,29H,4-8,12-13,17-19,21-22H2,1-3H3,(H,32,33)(H,34,35). The minimum absolute atomic E-state index is 0.363. The van der Waals surface area contributed by atoms with Gasteiger partial charge in [0.25, 0.3) is 5.91 Å². The summed E-state index contributed by atoms with van der Waals surface area (Å²) < 4.78 is 14.3. The first-order valence-corrected chi connectivity index (χ1v) is 17.7. The maximum absolute atomic E-state index is 14.3. The van der Waals surface area contributed by atoms with Crippen LogP contribution in [-0.2, 0) is 15.5 Å². The van der Waals surface area contributed by atoms with Crippen molar-refractivity contribution in [3.63, 3.8) is 0 Å². The quantitative estimate of drug-likeness (QED) is 0.231. The molecule has 2 unspecified atom stereocenters. The number of carboxylic acid groups (broad SMARTS) is 1. The summed E-state index contributed by atoms with van der Waals surface area (Å²) >= 11 is 1.56. The number of carbonyl (C=O) groups excluding carboxylic acids is 1. The van der Waals surface area contributed by atoms with Crippen molar-refractivity contribution in [1.29, 1.82) is 0 Å². The third-order valence-electron chi connectivity index (χ3n) is 7.68. The molecule has 1 fully saturated rings. The Balaban J connectivity index is 1.95. The zero-order valence-corrected chi connectivity index (χ0v) is 24.9. The van der Waals surface area contributed by atoms with Gasteiger partial charge in [-0.15, -0.1) is 0 Å². The number of carboxylic acids is 1. The van der Waals surface area contributed by atoms with Crippen molar-refractivity contribution in [2.24, 2.45) is 5.92 Å². The van der Waals surface area contributed by atoms with Gasteiger partial charge in [-0.05, 0) is 72.1 Å². The van der Waals surface area contributed by atoms with E-state index in [-0.39, 0.29) is 5.91 Å². The number of benzene rings is 2. The molecule has 2 aromatic carbocycles. The van der Waals surface area contributed by atoms with Crippen molar-refractivity contribution in [2.45, 2.75) is 77.4 Å². The molecule has 1 saturated carbocycles. The summed E-state index contributed by atoms with van der Waals surface area (Å²) in [7, 11) is -2.42. The van der Waals surface area contributed by atoms with Crippen LogP contribution in [0.1, 0.15) is 79.8 Å². The predicted octanol–water partition coefficient (Wildman–Crippen LogP) is 7.84. The van der Waals surface area contributed by atoms with Crippen LogP contribution >= 0.6 is 18.9 Å². The minimum Gasteiger partial charge on any atom is -0.480 e. The van der Waals surface area contributed by atoms with Crippen LogP contribution in [-0.4, -0.2) is 47.4 Å². The Hall–Kier alpha value is -2.04. The molecule has 1 aliphatic rings. The van der Waals surface area contributed by atoms with Crippen LogP contribution in [0.5, 0.6) is 0 Å². The van der Waals surface area contributed by atoms with Crippen LogP contribution in [0.25, 0.3) is 11.1 Å². The average molecular weight is 558 g/mol. The van der Waals surface area contributed by atoms with Crippen molar-refractivity contribution < 1.29 is 19.3 Å². The van der Waals surface area contributed by atoms with Gasteiger partial charge in [-0.3, -0.25) is 4.79 Å². The molecule has 0 aliphatic heterocycles. The molecule has 0 spiro atoms. The second-order valence-corrected chi connectivity index (χ2v) is 15.1. The predicted molar refractivity (Wildman–Crippen MR) is 161 cm³/mol. The van der Waals surface area contributed by atoms with E-state index in [4.69, 9.17) is 0 Å². The molecule has 0 aromatic heterocycles. The third-order valence-corrected chi connectivity index (χ3v) is 11.6. The van der Waals surface area contributed by atoms with Gasteiger partial charge in [0.1, 0.15) is 6.04 Å². The van der Waals surface area contributed by atoms with Crippen LogP contribution in [0.3, 0.4) is 0 Å². The van der Waals surface area contributed by atoms with Gasteiger partial charge < -0.3 is 15.0 Å². The molecule has 0 bridgehead atoms. The molecule has 2 aromatic rings. The van der Waals surface area contributed by atoms with Crippen molar-refractivity contribution in [3.05, 3.63) is 59.2 Å². The molecule has 2 atom stereocenters. The molecule has 3 rings (SSSR count). The first-order chi connectivity index (χ1) is 18.3. The summed E-state index contributed by atoms with van der Waals surface area (Å²) in [5.41, 5.74) is 4.19. The van der Waals surface area contributed by atoms with E-state index in [9.17, 15) is 19.3 Å². The molecule has 0 heterocycles. The summed E-state index contributed by atoms with van der Waals surface area (Å²) in [6, 6.07) is 12.7. The highest BCUT2D eigenvalue weighted by Gasteiger charge is 2.29. The summed E-state index contributed by atoms with van der Waals surface area (Å²) in [5.74, 6) is -0.211. The van der Waals surface area contributed by atoms with E-state index >= 15 is 0 Å². The molecule has 0 saturated heterocycles. The molecule has 5 nitrogen and oxygen atoms in total. The van der Waals surface area contributed by atoms with Crippen molar-refractivity contribution >= 4 is 30.8 Å². The molecule has 1 amide bonds. The smallest absolute Gasteiger partial charge is 0.326 e. The summed E-state index contributed by atoms with van der Waals surface area (Å²) in [6.45, 7) is 4.16. The highest BCUT2D eigenvalue weighted by molar-refractivity contribution is 7.98. The monoisotopic (exact) mass is 557 g/mol. The number of unbranched alkanes of at least 4 members (excludes halogenated alkanes) is 1. The number of thioether (sulfide) groups is 1. The van der Waals surface area contributed by atoms with Gasteiger partial charge >= 0.3 is 5.97 Å². The minimum atomic E-state index is -2.42.